The van der Waals surface area contributed by atoms with E-state index in [0.717, 1.165) is 6.20 Å². The maximum atomic E-state index is 13.7. The Hall–Kier alpha value is -3.96. The van der Waals surface area contributed by atoms with Crippen molar-refractivity contribution in [3.05, 3.63) is 53.9 Å². The lowest BCUT2D eigenvalue weighted by molar-refractivity contribution is -0.143. The van der Waals surface area contributed by atoms with Crippen molar-refractivity contribution >= 4 is 22.9 Å². The summed E-state index contributed by atoms with van der Waals surface area (Å²) in [6.45, 7) is 0. The first kappa shape index (κ1) is 18.4. The Balaban J connectivity index is 1.70. The summed E-state index contributed by atoms with van der Waals surface area (Å²) in [5.74, 6) is -1.11. The molecular weight excluding hydrogens is 391 g/mol. The number of H-pyrrole nitrogens is 1. The number of anilines is 1. The molecule has 0 saturated carbocycles. The predicted molar refractivity (Wildman–Crippen MR) is 94.8 cm³/mol. The zero-order valence-corrected chi connectivity index (χ0v) is 14.7. The zero-order valence-electron chi connectivity index (χ0n) is 14.7. The van der Waals surface area contributed by atoms with Gasteiger partial charge >= 0.3 is 6.18 Å². The highest BCUT2D eigenvalue weighted by atomic mass is 19.4. The van der Waals surface area contributed by atoms with E-state index in [1.165, 1.54) is 19.2 Å². The van der Waals surface area contributed by atoms with Gasteiger partial charge < -0.3 is 9.72 Å². The number of fused-ring (bicyclic) bond motifs is 1. The molecule has 3 aromatic heterocycles. The molecule has 0 bridgehead atoms. The number of ether oxygens (including phenoxy) is 1. The molecular formula is C17H12F3N7O2. The summed E-state index contributed by atoms with van der Waals surface area (Å²) in [4.78, 5) is 19.5. The van der Waals surface area contributed by atoms with Crippen LogP contribution in [-0.4, -0.2) is 43.0 Å². The molecule has 0 radical (unpaired) electrons. The number of carbonyl (C=O) groups is 1. The Morgan fingerprint density at radius 1 is 1.17 bits per heavy atom. The van der Waals surface area contributed by atoms with Crippen molar-refractivity contribution in [2.24, 2.45) is 0 Å². The van der Waals surface area contributed by atoms with E-state index in [-0.39, 0.29) is 17.6 Å². The van der Waals surface area contributed by atoms with Gasteiger partial charge in [-0.05, 0) is 18.2 Å². The fraction of sp³-hybridized carbons (Fsp3) is 0.118. The van der Waals surface area contributed by atoms with Gasteiger partial charge in [0.05, 0.1) is 29.9 Å². The number of hydrogen-bond donors (Lipinski definition) is 2. The Bertz CT molecular complexity index is 1150. The van der Waals surface area contributed by atoms with Crippen molar-refractivity contribution in [1.82, 2.24) is 29.9 Å². The second kappa shape index (κ2) is 6.89. The van der Waals surface area contributed by atoms with Gasteiger partial charge in [0.1, 0.15) is 0 Å². The minimum Gasteiger partial charge on any atom is -0.480 e. The third kappa shape index (κ3) is 3.47. The highest BCUT2D eigenvalue weighted by molar-refractivity contribution is 6.04. The number of alkyl halides is 3. The summed E-state index contributed by atoms with van der Waals surface area (Å²) < 4.78 is 46.4. The smallest absolute Gasteiger partial charge is 0.434 e. The lowest BCUT2D eigenvalue weighted by Crippen LogP contribution is -2.21. The molecule has 3 heterocycles. The van der Waals surface area contributed by atoms with Crippen molar-refractivity contribution < 1.29 is 22.7 Å². The van der Waals surface area contributed by atoms with Crippen molar-refractivity contribution in [2.75, 3.05) is 12.4 Å². The molecule has 1 aromatic carbocycles. The average molecular weight is 403 g/mol. The molecule has 0 spiro atoms. The molecule has 0 aliphatic carbocycles. The highest BCUT2D eigenvalue weighted by Gasteiger charge is 2.41. The van der Waals surface area contributed by atoms with Crippen LogP contribution in [0.25, 0.3) is 16.9 Å². The van der Waals surface area contributed by atoms with E-state index in [1.54, 1.807) is 24.3 Å². The third-order valence-electron chi connectivity index (χ3n) is 3.96. The van der Waals surface area contributed by atoms with Gasteiger partial charge in [0.2, 0.25) is 11.8 Å². The number of carbonyl (C=O) groups excluding carboxylic acids is 1. The van der Waals surface area contributed by atoms with Crippen LogP contribution in [0.5, 0.6) is 5.88 Å². The van der Waals surface area contributed by atoms with Crippen LogP contribution in [0.2, 0.25) is 0 Å². The quantitative estimate of drug-likeness (QED) is 0.542. The van der Waals surface area contributed by atoms with Gasteiger partial charge in [-0.25, -0.2) is 9.67 Å². The summed E-state index contributed by atoms with van der Waals surface area (Å²) in [7, 11) is 1.35. The van der Waals surface area contributed by atoms with E-state index < -0.39 is 23.3 Å². The summed E-state index contributed by atoms with van der Waals surface area (Å²) in [6, 6.07) is 9.50. The largest absolute Gasteiger partial charge is 0.480 e. The molecule has 0 fully saturated rings. The van der Waals surface area contributed by atoms with Crippen LogP contribution in [0.1, 0.15) is 16.1 Å². The van der Waals surface area contributed by atoms with E-state index in [0.29, 0.717) is 15.7 Å². The number of aromatic nitrogens is 6. The minimum absolute atomic E-state index is 0.0151. The first-order chi connectivity index (χ1) is 13.9. The molecule has 4 rings (SSSR count). The molecule has 148 valence electrons. The number of amides is 1. The van der Waals surface area contributed by atoms with Crippen LogP contribution in [-0.2, 0) is 6.18 Å². The molecule has 0 atom stereocenters. The van der Waals surface area contributed by atoms with E-state index in [2.05, 4.69) is 30.6 Å². The van der Waals surface area contributed by atoms with Crippen LogP contribution in [0, 0.1) is 0 Å². The Morgan fingerprint density at radius 2 is 1.97 bits per heavy atom. The summed E-state index contributed by atoms with van der Waals surface area (Å²) in [5.41, 5.74) is -0.785. The van der Waals surface area contributed by atoms with Crippen molar-refractivity contribution in [3.8, 4) is 11.7 Å². The zero-order chi connectivity index (χ0) is 20.6. The second-order valence-electron chi connectivity index (χ2n) is 5.81. The van der Waals surface area contributed by atoms with E-state index in [1.807, 2.05) is 0 Å². The number of nitrogens with one attached hydrogen (secondary N) is 2. The highest BCUT2D eigenvalue weighted by Crippen LogP contribution is 2.33. The van der Waals surface area contributed by atoms with Crippen LogP contribution < -0.4 is 10.1 Å². The van der Waals surface area contributed by atoms with E-state index in [9.17, 15) is 18.0 Å². The Morgan fingerprint density at radius 3 is 2.62 bits per heavy atom. The maximum absolute atomic E-state index is 13.7. The third-order valence-corrected chi connectivity index (χ3v) is 3.96. The maximum Gasteiger partial charge on any atom is 0.434 e. The monoisotopic (exact) mass is 403 g/mol. The summed E-state index contributed by atoms with van der Waals surface area (Å²) in [6.07, 6.45) is -4.06. The number of imidazole rings is 1. The van der Waals surface area contributed by atoms with Crippen molar-refractivity contribution in [1.29, 1.82) is 0 Å². The normalized spacial score (nSPS) is 11.6. The molecule has 1 amide bonds. The van der Waals surface area contributed by atoms with Crippen molar-refractivity contribution in [2.45, 2.75) is 6.18 Å². The van der Waals surface area contributed by atoms with E-state index in [4.69, 9.17) is 4.74 Å². The molecule has 0 aliphatic heterocycles. The molecule has 2 N–H and O–H groups in total. The van der Waals surface area contributed by atoms with Gasteiger partial charge in [0, 0.05) is 6.07 Å². The fourth-order valence-corrected chi connectivity index (χ4v) is 2.68. The van der Waals surface area contributed by atoms with Gasteiger partial charge in [0.15, 0.2) is 11.5 Å². The van der Waals surface area contributed by atoms with Crippen LogP contribution in [0.3, 0.4) is 0 Å². The van der Waals surface area contributed by atoms with Gasteiger partial charge in [-0.2, -0.15) is 18.3 Å². The number of nitrogens with zero attached hydrogens (tertiary/aromatic N) is 5. The molecule has 0 unspecified atom stereocenters. The summed E-state index contributed by atoms with van der Waals surface area (Å²) in [5, 5.41) is 13.3. The fourth-order valence-electron chi connectivity index (χ4n) is 2.68. The minimum atomic E-state index is -4.88. The van der Waals surface area contributed by atoms with Gasteiger partial charge in [-0.3, -0.25) is 10.1 Å². The predicted octanol–water partition coefficient (Wildman–Crippen LogP) is 2.82. The first-order valence-electron chi connectivity index (χ1n) is 8.16. The van der Waals surface area contributed by atoms with E-state index >= 15 is 0 Å². The molecule has 0 saturated heterocycles. The van der Waals surface area contributed by atoms with Crippen LogP contribution in [0.15, 0.2) is 42.6 Å². The Labute approximate surface area is 160 Å². The Kier molecular flexibility index (Phi) is 4.37. The standard InChI is InChI=1S/C17H12F3N7O2/c1-29-13-7-6-12(25-26-13)27-14(17(18,19)20)9(8-21-27)15(28)24-16-22-10-4-2-3-5-11(10)23-16/h2-8H,1H3,(H2,22,23,24,28). The topological polar surface area (TPSA) is 111 Å². The number of benzene rings is 1. The number of hydrogen-bond acceptors (Lipinski definition) is 6. The molecule has 4 aromatic rings. The van der Waals surface area contributed by atoms with Gasteiger partial charge in [-0.15, -0.1) is 10.2 Å². The SMILES string of the molecule is COc1ccc(-n2ncc(C(=O)Nc3nc4ccccc4[nH]3)c2C(F)(F)F)nn1. The number of methoxy groups -OCH3 is 1. The molecule has 29 heavy (non-hydrogen) atoms. The second-order valence-corrected chi connectivity index (χ2v) is 5.81. The van der Waals surface area contributed by atoms with Crippen LogP contribution >= 0.6 is 0 Å². The molecule has 0 aliphatic rings. The summed E-state index contributed by atoms with van der Waals surface area (Å²) >= 11 is 0. The van der Waals surface area contributed by atoms with Gasteiger partial charge in [-0.1, -0.05) is 12.1 Å². The average Bonchev–Trinajstić information content (AvgIpc) is 3.31. The number of aromatic amines is 1. The number of para-hydroxylation sites is 2. The number of rotatable bonds is 4. The van der Waals surface area contributed by atoms with Gasteiger partial charge in [0.25, 0.3) is 5.91 Å². The molecule has 9 nitrogen and oxygen atoms in total. The molecule has 12 heteroatoms. The first-order valence-corrected chi connectivity index (χ1v) is 8.16. The van der Waals surface area contributed by atoms with Crippen molar-refractivity contribution in [3.63, 3.8) is 0 Å². The van der Waals surface area contributed by atoms with Crippen LogP contribution in [0.4, 0.5) is 19.1 Å². The lowest BCUT2D eigenvalue weighted by Gasteiger charge is -2.11. The number of halogens is 3. The lowest BCUT2D eigenvalue weighted by atomic mass is 10.2.